The monoisotopic (exact) mass is 371 g/mol. The highest BCUT2D eigenvalue weighted by Gasteiger charge is 2.13. The van der Waals surface area contributed by atoms with Gasteiger partial charge in [-0.1, -0.05) is 29.8 Å². The summed E-state index contributed by atoms with van der Waals surface area (Å²) in [5, 5.41) is 1.91. The molecule has 0 N–H and O–H groups in total. The number of benzene rings is 1. The van der Waals surface area contributed by atoms with E-state index in [1.165, 1.54) is 5.56 Å². The van der Waals surface area contributed by atoms with Gasteiger partial charge in [0.1, 0.15) is 0 Å². The fraction of sp³-hybridized carbons (Fsp3) is 0.214. The molecule has 0 unspecified atom stereocenters. The van der Waals surface area contributed by atoms with Crippen molar-refractivity contribution in [2.75, 3.05) is 7.05 Å². The summed E-state index contributed by atoms with van der Waals surface area (Å²) in [6, 6.07) is 10.2. The molecule has 0 saturated heterocycles. The van der Waals surface area contributed by atoms with Crippen molar-refractivity contribution in [1.82, 2.24) is 4.90 Å². The van der Waals surface area contributed by atoms with Crippen molar-refractivity contribution in [2.45, 2.75) is 13.5 Å². The van der Waals surface area contributed by atoms with Crippen LogP contribution in [0.2, 0.25) is 0 Å². The lowest BCUT2D eigenvalue weighted by atomic mass is 10.1. The number of hydrogen-bond acceptors (Lipinski definition) is 2. The summed E-state index contributed by atoms with van der Waals surface area (Å²) in [7, 11) is 1.84. The molecule has 1 aromatic heterocycles. The van der Waals surface area contributed by atoms with Crippen LogP contribution in [0.5, 0.6) is 0 Å². The maximum atomic E-state index is 12.2. The Hall–Kier alpha value is -0.880. The summed E-state index contributed by atoms with van der Waals surface area (Å²) in [5.74, 6) is 0.0785. The molecule has 4 heteroatoms. The molecule has 18 heavy (non-hydrogen) atoms. The number of aryl methyl sites for hydroxylation is 1. The second-order valence-corrected chi connectivity index (χ2v) is 7.09. The molecule has 0 aliphatic heterocycles. The van der Waals surface area contributed by atoms with E-state index in [-0.39, 0.29) is 5.91 Å². The Bertz CT molecular complexity index is 547. The van der Waals surface area contributed by atoms with Crippen LogP contribution in [0.1, 0.15) is 21.5 Å². The molecule has 0 aliphatic rings. The number of thiophene rings is 1. The summed E-state index contributed by atoms with van der Waals surface area (Å²) in [4.78, 5) is 13.9. The highest BCUT2D eigenvalue weighted by atomic mass is 127. The molecule has 2 nitrogen and oxygen atoms in total. The van der Waals surface area contributed by atoms with Gasteiger partial charge in [0.2, 0.25) is 0 Å². The molecular weight excluding hydrogens is 357 g/mol. The Kier molecular flexibility index (Phi) is 4.40. The fourth-order valence-corrected chi connectivity index (χ4v) is 3.00. The van der Waals surface area contributed by atoms with E-state index in [2.05, 4.69) is 53.8 Å². The average Bonchev–Trinajstić information content (AvgIpc) is 2.78. The van der Waals surface area contributed by atoms with Gasteiger partial charge in [-0.25, -0.2) is 0 Å². The largest absolute Gasteiger partial charge is 0.337 e. The molecule has 0 atom stereocenters. The van der Waals surface area contributed by atoms with Crippen molar-refractivity contribution in [3.8, 4) is 0 Å². The molecule has 0 bridgehead atoms. The molecule has 1 aromatic carbocycles. The standard InChI is InChI=1S/C14H14INOS/c1-10-3-5-11(6-4-10)8-16(2)14(17)12-7-13(15)18-9-12/h3-7,9H,8H2,1-2H3. The number of amides is 1. The summed E-state index contributed by atoms with van der Waals surface area (Å²) in [6.45, 7) is 2.71. The third kappa shape index (κ3) is 3.32. The molecule has 0 fully saturated rings. The zero-order valence-corrected chi connectivity index (χ0v) is 13.3. The smallest absolute Gasteiger partial charge is 0.254 e. The highest BCUT2D eigenvalue weighted by Crippen LogP contribution is 2.18. The van der Waals surface area contributed by atoms with Crippen molar-refractivity contribution in [3.63, 3.8) is 0 Å². The number of carbonyl (C=O) groups excluding carboxylic acids is 1. The van der Waals surface area contributed by atoms with Crippen molar-refractivity contribution in [2.24, 2.45) is 0 Å². The maximum absolute atomic E-state index is 12.2. The predicted octanol–water partition coefficient (Wildman–Crippen LogP) is 3.93. The zero-order valence-electron chi connectivity index (χ0n) is 10.3. The Balaban J connectivity index is 2.05. The Labute approximate surface area is 125 Å². The van der Waals surface area contributed by atoms with Crippen LogP contribution in [-0.4, -0.2) is 17.9 Å². The van der Waals surface area contributed by atoms with Crippen molar-refractivity contribution in [1.29, 1.82) is 0 Å². The number of rotatable bonds is 3. The molecule has 0 aliphatic carbocycles. The van der Waals surface area contributed by atoms with Crippen molar-refractivity contribution >= 4 is 39.8 Å². The molecular formula is C14H14INOS. The Morgan fingerprint density at radius 3 is 2.56 bits per heavy atom. The van der Waals surface area contributed by atoms with Crippen LogP contribution in [0.4, 0.5) is 0 Å². The summed E-state index contributed by atoms with van der Waals surface area (Å²) in [5.41, 5.74) is 3.17. The second kappa shape index (κ2) is 5.84. The van der Waals surface area contributed by atoms with Gasteiger partial charge in [-0.3, -0.25) is 4.79 Å². The summed E-state index contributed by atoms with van der Waals surface area (Å²) >= 11 is 3.83. The quantitative estimate of drug-likeness (QED) is 0.749. The van der Waals surface area contributed by atoms with Crippen LogP contribution in [0.15, 0.2) is 35.7 Å². The van der Waals surface area contributed by atoms with E-state index >= 15 is 0 Å². The fourth-order valence-electron chi connectivity index (χ4n) is 1.68. The van der Waals surface area contributed by atoms with Gasteiger partial charge in [0.05, 0.1) is 8.45 Å². The van der Waals surface area contributed by atoms with Gasteiger partial charge >= 0.3 is 0 Å². The van der Waals surface area contributed by atoms with Gasteiger partial charge in [-0.2, -0.15) is 0 Å². The van der Waals surface area contributed by atoms with Crippen LogP contribution in [0.3, 0.4) is 0 Å². The third-order valence-electron chi connectivity index (χ3n) is 2.70. The first-order valence-electron chi connectivity index (χ1n) is 5.61. The lowest BCUT2D eigenvalue weighted by Crippen LogP contribution is -2.25. The van der Waals surface area contributed by atoms with Crippen LogP contribution >= 0.6 is 33.9 Å². The highest BCUT2D eigenvalue weighted by molar-refractivity contribution is 14.1. The van der Waals surface area contributed by atoms with E-state index in [9.17, 15) is 4.79 Å². The van der Waals surface area contributed by atoms with E-state index in [0.717, 1.165) is 14.0 Å². The molecule has 1 amide bonds. The molecule has 0 saturated carbocycles. The Morgan fingerprint density at radius 1 is 1.33 bits per heavy atom. The van der Waals surface area contributed by atoms with Gasteiger partial charge in [0.15, 0.2) is 0 Å². The molecule has 1 heterocycles. The topological polar surface area (TPSA) is 20.3 Å². The maximum Gasteiger partial charge on any atom is 0.254 e. The van der Waals surface area contributed by atoms with Crippen molar-refractivity contribution < 1.29 is 4.79 Å². The first-order chi connectivity index (χ1) is 8.56. The minimum absolute atomic E-state index is 0.0785. The van der Waals surface area contributed by atoms with Gasteiger partial charge in [-0.15, -0.1) is 11.3 Å². The van der Waals surface area contributed by atoms with E-state index in [4.69, 9.17) is 0 Å². The van der Waals surface area contributed by atoms with Gasteiger partial charge < -0.3 is 4.90 Å². The first-order valence-corrected chi connectivity index (χ1v) is 7.57. The number of nitrogens with zero attached hydrogens (tertiary/aromatic N) is 1. The van der Waals surface area contributed by atoms with E-state index in [1.54, 1.807) is 16.2 Å². The lowest BCUT2D eigenvalue weighted by molar-refractivity contribution is 0.0785. The lowest BCUT2D eigenvalue weighted by Gasteiger charge is -2.16. The van der Waals surface area contributed by atoms with Gasteiger partial charge in [-0.05, 0) is 41.1 Å². The number of carbonyl (C=O) groups is 1. The summed E-state index contributed by atoms with van der Waals surface area (Å²) < 4.78 is 1.14. The van der Waals surface area contributed by atoms with Crippen LogP contribution in [0, 0.1) is 9.81 Å². The molecule has 0 radical (unpaired) electrons. The third-order valence-corrected chi connectivity index (χ3v) is 4.49. The zero-order chi connectivity index (χ0) is 13.1. The predicted molar refractivity (Wildman–Crippen MR) is 84.0 cm³/mol. The normalized spacial score (nSPS) is 10.4. The minimum Gasteiger partial charge on any atom is -0.337 e. The molecule has 94 valence electrons. The van der Waals surface area contributed by atoms with Crippen molar-refractivity contribution in [3.05, 3.63) is 55.3 Å². The van der Waals surface area contributed by atoms with E-state index in [1.807, 2.05) is 18.5 Å². The number of halogens is 1. The second-order valence-electron chi connectivity index (χ2n) is 4.29. The van der Waals surface area contributed by atoms with Crippen LogP contribution in [0.25, 0.3) is 0 Å². The Morgan fingerprint density at radius 2 is 2.00 bits per heavy atom. The van der Waals surface area contributed by atoms with Crippen LogP contribution in [-0.2, 0) is 6.54 Å². The first kappa shape index (κ1) is 13.5. The van der Waals surface area contributed by atoms with Gasteiger partial charge in [0.25, 0.3) is 5.91 Å². The molecule has 2 aromatic rings. The molecule has 2 rings (SSSR count). The SMILES string of the molecule is Cc1ccc(CN(C)C(=O)c2csc(I)c2)cc1. The van der Waals surface area contributed by atoms with Crippen LogP contribution < -0.4 is 0 Å². The number of hydrogen-bond donors (Lipinski definition) is 0. The minimum atomic E-state index is 0.0785. The average molecular weight is 371 g/mol. The van der Waals surface area contributed by atoms with E-state index < -0.39 is 0 Å². The summed E-state index contributed by atoms with van der Waals surface area (Å²) in [6.07, 6.45) is 0. The van der Waals surface area contributed by atoms with E-state index in [0.29, 0.717) is 6.54 Å². The molecule has 0 spiro atoms. The van der Waals surface area contributed by atoms with Gasteiger partial charge in [0, 0.05) is 19.0 Å².